The van der Waals surface area contributed by atoms with Gasteiger partial charge in [0.2, 0.25) is 0 Å². The number of nitrogens with zero attached hydrogens (tertiary/aromatic N) is 1. The highest BCUT2D eigenvalue weighted by atomic mass is 35.5. The maximum atomic E-state index is 12.0. The van der Waals surface area contributed by atoms with Crippen LogP contribution in [0, 0.1) is 5.92 Å². The van der Waals surface area contributed by atoms with E-state index in [-0.39, 0.29) is 17.9 Å². The Bertz CT molecular complexity index is 385. The number of carbonyl (C=O) groups is 1. The van der Waals surface area contributed by atoms with Crippen molar-refractivity contribution in [2.24, 2.45) is 5.92 Å². The quantitative estimate of drug-likeness (QED) is 0.821. The van der Waals surface area contributed by atoms with E-state index >= 15 is 0 Å². The van der Waals surface area contributed by atoms with Crippen molar-refractivity contribution in [2.45, 2.75) is 19.9 Å². The minimum absolute atomic E-state index is 0.0119. The number of methoxy groups -OCH3 is 1. The monoisotopic (exact) mass is 256 g/mol. The highest BCUT2D eigenvalue weighted by molar-refractivity contribution is 6.18. The number of amides is 1. The summed E-state index contributed by atoms with van der Waals surface area (Å²) in [6.45, 7) is 3.92. The lowest BCUT2D eigenvalue weighted by Gasteiger charge is -2.19. The van der Waals surface area contributed by atoms with Crippen LogP contribution in [0.2, 0.25) is 0 Å². The highest BCUT2D eigenvalue weighted by Gasteiger charge is 2.17. The summed E-state index contributed by atoms with van der Waals surface area (Å²) < 4.78 is 5.09. The summed E-state index contributed by atoms with van der Waals surface area (Å²) in [5.74, 6) is 1.02. The lowest BCUT2D eigenvalue weighted by atomic mass is 10.1. The molecule has 0 aliphatic heterocycles. The Balaban J connectivity index is 2.76. The molecule has 0 aliphatic rings. The van der Waals surface area contributed by atoms with Gasteiger partial charge in [0.15, 0.2) is 0 Å². The van der Waals surface area contributed by atoms with Crippen LogP contribution in [0.3, 0.4) is 0 Å². The molecule has 4 nitrogen and oxygen atoms in total. The summed E-state index contributed by atoms with van der Waals surface area (Å²) in [5, 5.41) is 2.89. The molecule has 0 fully saturated rings. The Labute approximate surface area is 106 Å². The Morgan fingerprint density at radius 1 is 1.59 bits per heavy atom. The lowest BCUT2D eigenvalue weighted by Crippen LogP contribution is -2.37. The van der Waals surface area contributed by atoms with E-state index in [1.807, 2.05) is 13.8 Å². The average molecular weight is 257 g/mol. The van der Waals surface area contributed by atoms with Gasteiger partial charge in [0.05, 0.1) is 18.9 Å². The van der Waals surface area contributed by atoms with E-state index in [0.29, 0.717) is 17.2 Å². The first-order valence-corrected chi connectivity index (χ1v) is 5.98. The Morgan fingerprint density at radius 2 is 2.29 bits per heavy atom. The first-order valence-electron chi connectivity index (χ1n) is 5.45. The van der Waals surface area contributed by atoms with Crippen LogP contribution in [-0.4, -0.2) is 29.9 Å². The van der Waals surface area contributed by atoms with Gasteiger partial charge in [-0.05, 0) is 18.9 Å². The molecule has 1 aromatic rings. The van der Waals surface area contributed by atoms with Crippen LogP contribution in [0.1, 0.15) is 24.2 Å². The molecule has 94 valence electrons. The molecule has 0 saturated heterocycles. The molecule has 17 heavy (non-hydrogen) atoms. The predicted octanol–water partition coefficient (Wildman–Crippen LogP) is 2.08. The number of alkyl halides is 1. The van der Waals surface area contributed by atoms with Gasteiger partial charge in [-0.15, -0.1) is 11.6 Å². The Hall–Kier alpha value is -1.29. The number of aromatic nitrogens is 1. The molecule has 1 rings (SSSR count). The van der Waals surface area contributed by atoms with E-state index in [0.717, 1.165) is 0 Å². The second-order valence-corrected chi connectivity index (χ2v) is 4.28. The highest BCUT2D eigenvalue weighted by Crippen LogP contribution is 2.16. The predicted molar refractivity (Wildman–Crippen MR) is 67.6 cm³/mol. The molecule has 5 heteroatoms. The summed E-state index contributed by atoms with van der Waals surface area (Å²) in [6.07, 6.45) is 3.08. The van der Waals surface area contributed by atoms with E-state index < -0.39 is 0 Å². The smallest absolute Gasteiger partial charge is 0.255 e. The number of carbonyl (C=O) groups excluding carboxylic acids is 1. The van der Waals surface area contributed by atoms with E-state index in [9.17, 15) is 4.79 Å². The summed E-state index contributed by atoms with van der Waals surface area (Å²) in [6, 6.07) is 1.64. The van der Waals surface area contributed by atoms with E-state index in [4.69, 9.17) is 16.3 Å². The first-order chi connectivity index (χ1) is 8.10. The number of hydrogen-bond donors (Lipinski definition) is 1. The zero-order chi connectivity index (χ0) is 12.8. The zero-order valence-corrected chi connectivity index (χ0v) is 11.0. The van der Waals surface area contributed by atoms with Crippen LogP contribution in [0.15, 0.2) is 18.5 Å². The van der Waals surface area contributed by atoms with Gasteiger partial charge in [-0.3, -0.25) is 9.78 Å². The molecular weight excluding hydrogens is 240 g/mol. The van der Waals surface area contributed by atoms with E-state index in [1.54, 1.807) is 12.3 Å². The van der Waals surface area contributed by atoms with Gasteiger partial charge < -0.3 is 10.1 Å². The van der Waals surface area contributed by atoms with Crippen molar-refractivity contribution in [1.29, 1.82) is 0 Å². The third kappa shape index (κ3) is 3.60. The van der Waals surface area contributed by atoms with Crippen LogP contribution in [0.5, 0.6) is 5.75 Å². The van der Waals surface area contributed by atoms with Gasteiger partial charge in [0.25, 0.3) is 5.91 Å². The zero-order valence-electron chi connectivity index (χ0n) is 10.2. The lowest BCUT2D eigenvalue weighted by molar-refractivity contribution is 0.0927. The number of pyridine rings is 1. The number of hydrogen-bond acceptors (Lipinski definition) is 3. The van der Waals surface area contributed by atoms with Crippen LogP contribution in [0.4, 0.5) is 0 Å². The number of rotatable bonds is 5. The Morgan fingerprint density at radius 3 is 2.88 bits per heavy atom. The van der Waals surface area contributed by atoms with Crippen molar-refractivity contribution < 1.29 is 9.53 Å². The standard InChI is InChI=1S/C12H17ClN2O2/c1-8(6-13)9(2)15-12(16)10-4-5-14-7-11(10)17-3/h4-5,7-9H,6H2,1-3H3,(H,15,16). The van der Waals surface area contributed by atoms with Crippen molar-refractivity contribution in [3.05, 3.63) is 24.0 Å². The van der Waals surface area contributed by atoms with Crippen molar-refractivity contribution in [3.8, 4) is 5.75 Å². The topological polar surface area (TPSA) is 51.2 Å². The van der Waals surface area contributed by atoms with Gasteiger partial charge in [0, 0.05) is 18.1 Å². The molecule has 0 radical (unpaired) electrons. The SMILES string of the molecule is COc1cnccc1C(=O)NC(C)C(C)CCl. The summed E-state index contributed by atoms with van der Waals surface area (Å²) in [5.41, 5.74) is 0.483. The number of nitrogens with one attached hydrogen (secondary N) is 1. The fourth-order valence-corrected chi connectivity index (χ4v) is 1.56. The normalized spacial score (nSPS) is 13.9. The second-order valence-electron chi connectivity index (χ2n) is 3.97. The maximum Gasteiger partial charge on any atom is 0.255 e. The summed E-state index contributed by atoms with van der Waals surface area (Å²) >= 11 is 5.75. The third-order valence-electron chi connectivity index (χ3n) is 2.70. The van der Waals surface area contributed by atoms with E-state index in [1.165, 1.54) is 13.3 Å². The van der Waals surface area contributed by atoms with Gasteiger partial charge in [-0.1, -0.05) is 6.92 Å². The van der Waals surface area contributed by atoms with Crippen molar-refractivity contribution in [1.82, 2.24) is 10.3 Å². The van der Waals surface area contributed by atoms with Crippen molar-refractivity contribution >= 4 is 17.5 Å². The molecule has 2 atom stereocenters. The van der Waals surface area contributed by atoms with Gasteiger partial charge >= 0.3 is 0 Å². The van der Waals surface area contributed by atoms with Crippen molar-refractivity contribution in [3.63, 3.8) is 0 Å². The largest absolute Gasteiger partial charge is 0.494 e. The van der Waals surface area contributed by atoms with Gasteiger partial charge in [-0.25, -0.2) is 0 Å². The fraction of sp³-hybridized carbons (Fsp3) is 0.500. The van der Waals surface area contributed by atoms with Gasteiger partial charge in [0.1, 0.15) is 5.75 Å². The third-order valence-corrected chi connectivity index (χ3v) is 3.19. The molecule has 1 aromatic heterocycles. The molecule has 1 amide bonds. The van der Waals surface area contributed by atoms with Crippen LogP contribution in [0.25, 0.3) is 0 Å². The van der Waals surface area contributed by atoms with Crippen LogP contribution < -0.4 is 10.1 Å². The molecule has 0 spiro atoms. The van der Waals surface area contributed by atoms with Crippen LogP contribution >= 0.6 is 11.6 Å². The first kappa shape index (κ1) is 13.8. The summed E-state index contributed by atoms with van der Waals surface area (Å²) in [7, 11) is 1.51. The molecule has 0 saturated carbocycles. The minimum Gasteiger partial charge on any atom is -0.494 e. The molecule has 2 unspecified atom stereocenters. The number of halogens is 1. The fourth-order valence-electron chi connectivity index (χ4n) is 1.29. The van der Waals surface area contributed by atoms with Crippen molar-refractivity contribution in [2.75, 3.05) is 13.0 Å². The molecule has 0 aliphatic carbocycles. The molecule has 1 heterocycles. The molecular formula is C12H17ClN2O2. The summed E-state index contributed by atoms with van der Waals surface area (Å²) in [4.78, 5) is 15.9. The van der Waals surface area contributed by atoms with Gasteiger partial charge in [-0.2, -0.15) is 0 Å². The minimum atomic E-state index is -0.172. The van der Waals surface area contributed by atoms with E-state index in [2.05, 4.69) is 10.3 Å². The Kier molecular flexibility index (Phi) is 5.22. The average Bonchev–Trinajstić information content (AvgIpc) is 2.37. The molecule has 0 bridgehead atoms. The number of ether oxygens (including phenoxy) is 1. The second kappa shape index (κ2) is 6.45. The van der Waals surface area contributed by atoms with Crippen LogP contribution in [-0.2, 0) is 0 Å². The molecule has 0 aromatic carbocycles. The molecule has 1 N–H and O–H groups in total. The maximum absolute atomic E-state index is 12.0.